The summed E-state index contributed by atoms with van der Waals surface area (Å²) in [5, 5.41) is 22.0. The summed E-state index contributed by atoms with van der Waals surface area (Å²) < 4.78 is 1.64. The number of anilines is 1. The lowest BCUT2D eigenvalue weighted by Gasteiger charge is -2.09. The molecule has 0 aliphatic heterocycles. The van der Waals surface area contributed by atoms with E-state index in [4.69, 9.17) is 5.11 Å². The van der Waals surface area contributed by atoms with Crippen LogP contribution in [-0.2, 0) is 6.54 Å². The molecule has 0 saturated heterocycles. The summed E-state index contributed by atoms with van der Waals surface area (Å²) in [6, 6.07) is 10.6. The number of imidazole rings is 1. The summed E-state index contributed by atoms with van der Waals surface area (Å²) >= 11 is 0. The molecule has 0 aliphatic carbocycles. The fourth-order valence-corrected chi connectivity index (χ4v) is 2.75. The van der Waals surface area contributed by atoms with Gasteiger partial charge >= 0.3 is 0 Å². The van der Waals surface area contributed by atoms with Crippen LogP contribution in [0.2, 0.25) is 0 Å². The second-order valence-electron chi connectivity index (χ2n) is 5.98. The lowest BCUT2D eigenvalue weighted by Crippen LogP contribution is -2.19. The number of aliphatic hydroxyl groups excluding tert-OH is 2. The highest BCUT2D eigenvalue weighted by molar-refractivity contribution is 6.08. The average molecular weight is 364 g/mol. The Morgan fingerprint density at radius 1 is 1.19 bits per heavy atom. The first-order valence-corrected chi connectivity index (χ1v) is 8.27. The highest BCUT2D eigenvalue weighted by Crippen LogP contribution is 2.23. The maximum Gasteiger partial charge on any atom is 0.256 e. The Hall–Kier alpha value is -3.43. The number of aliphatic hydroxyl groups is 2. The van der Waals surface area contributed by atoms with Crippen LogP contribution in [0.25, 0.3) is 22.2 Å². The summed E-state index contributed by atoms with van der Waals surface area (Å²) in [5.41, 5.74) is 1.99. The molecule has 9 nitrogen and oxygen atoms in total. The molecule has 1 amide bonds. The van der Waals surface area contributed by atoms with E-state index in [1.807, 2.05) is 6.07 Å². The van der Waals surface area contributed by atoms with E-state index in [9.17, 15) is 9.90 Å². The van der Waals surface area contributed by atoms with E-state index >= 15 is 0 Å². The number of carbonyl (C=O) groups is 1. The molecule has 0 unspecified atom stereocenters. The smallest absolute Gasteiger partial charge is 0.256 e. The van der Waals surface area contributed by atoms with Crippen molar-refractivity contribution in [3.63, 3.8) is 0 Å². The van der Waals surface area contributed by atoms with E-state index in [2.05, 4.69) is 25.3 Å². The molecule has 1 aromatic carbocycles. The van der Waals surface area contributed by atoms with Crippen molar-refractivity contribution in [3.8, 4) is 0 Å². The minimum Gasteiger partial charge on any atom is -0.394 e. The van der Waals surface area contributed by atoms with Gasteiger partial charge in [-0.25, -0.2) is 19.9 Å². The number of amides is 1. The molecule has 9 heteroatoms. The molecule has 136 valence electrons. The quantitative estimate of drug-likeness (QED) is 0.482. The van der Waals surface area contributed by atoms with Crippen LogP contribution >= 0.6 is 0 Å². The van der Waals surface area contributed by atoms with Crippen LogP contribution in [-0.4, -0.2) is 53.3 Å². The number of carbonyl (C=O) groups excluding carboxylic acids is 1. The Kier molecular flexibility index (Phi) is 4.45. The second-order valence-corrected chi connectivity index (χ2v) is 5.98. The molecular formula is C18H16N6O3. The van der Waals surface area contributed by atoms with Gasteiger partial charge in [0.2, 0.25) is 0 Å². The van der Waals surface area contributed by atoms with Crippen LogP contribution in [0.3, 0.4) is 0 Å². The highest BCUT2D eigenvalue weighted by atomic mass is 16.3. The molecule has 3 heterocycles. The van der Waals surface area contributed by atoms with Gasteiger partial charge in [-0.1, -0.05) is 18.2 Å². The molecule has 0 radical (unpaired) electrons. The van der Waals surface area contributed by atoms with Crippen molar-refractivity contribution in [3.05, 3.63) is 54.6 Å². The number of hydrogen-bond acceptors (Lipinski definition) is 7. The summed E-state index contributed by atoms with van der Waals surface area (Å²) in [6.07, 6.45) is 1.95. The normalized spacial score (nSPS) is 12.4. The SMILES string of the molecule is O=C(Nc1ncnc2nc3c(cc12)ncn3C[C@H](O)CO)c1ccccc1. The molecule has 0 fully saturated rings. The Morgan fingerprint density at radius 2 is 2.00 bits per heavy atom. The number of aromatic nitrogens is 5. The van der Waals surface area contributed by atoms with Crippen molar-refractivity contribution in [1.82, 2.24) is 24.5 Å². The topological polar surface area (TPSA) is 126 Å². The van der Waals surface area contributed by atoms with Crippen LogP contribution in [0.4, 0.5) is 5.82 Å². The van der Waals surface area contributed by atoms with Gasteiger partial charge in [-0.3, -0.25) is 4.79 Å². The van der Waals surface area contributed by atoms with Crippen molar-refractivity contribution < 1.29 is 15.0 Å². The van der Waals surface area contributed by atoms with Crippen LogP contribution in [0.1, 0.15) is 10.4 Å². The molecule has 4 rings (SSSR count). The van der Waals surface area contributed by atoms with Crippen molar-refractivity contribution in [2.75, 3.05) is 11.9 Å². The molecule has 27 heavy (non-hydrogen) atoms. The zero-order valence-electron chi connectivity index (χ0n) is 14.1. The van der Waals surface area contributed by atoms with Gasteiger partial charge in [-0.05, 0) is 18.2 Å². The van der Waals surface area contributed by atoms with Gasteiger partial charge in [0.25, 0.3) is 5.91 Å². The van der Waals surface area contributed by atoms with Gasteiger partial charge in [-0.2, -0.15) is 0 Å². The Morgan fingerprint density at radius 3 is 2.78 bits per heavy atom. The lowest BCUT2D eigenvalue weighted by molar-refractivity contribution is 0.0820. The second kappa shape index (κ2) is 7.06. The number of nitrogens with zero attached hydrogens (tertiary/aromatic N) is 5. The van der Waals surface area contributed by atoms with Gasteiger partial charge in [-0.15, -0.1) is 0 Å². The van der Waals surface area contributed by atoms with Crippen molar-refractivity contribution in [2.45, 2.75) is 12.6 Å². The van der Waals surface area contributed by atoms with Crippen molar-refractivity contribution >= 4 is 33.9 Å². The van der Waals surface area contributed by atoms with Crippen LogP contribution in [0, 0.1) is 0 Å². The van der Waals surface area contributed by atoms with E-state index in [0.717, 1.165) is 0 Å². The molecule has 3 aromatic heterocycles. The fourth-order valence-electron chi connectivity index (χ4n) is 2.75. The van der Waals surface area contributed by atoms with E-state index in [0.29, 0.717) is 33.6 Å². The first kappa shape index (κ1) is 17.0. The molecule has 0 bridgehead atoms. The first-order valence-electron chi connectivity index (χ1n) is 8.27. The Bertz CT molecular complexity index is 1110. The molecule has 0 spiro atoms. The van der Waals surface area contributed by atoms with E-state index in [1.54, 1.807) is 34.9 Å². The molecular weight excluding hydrogens is 348 g/mol. The van der Waals surface area contributed by atoms with Gasteiger partial charge in [0.05, 0.1) is 31.0 Å². The maximum absolute atomic E-state index is 12.4. The largest absolute Gasteiger partial charge is 0.394 e. The fraction of sp³-hybridized carbons (Fsp3) is 0.167. The van der Waals surface area contributed by atoms with Crippen molar-refractivity contribution in [1.29, 1.82) is 0 Å². The number of nitrogens with one attached hydrogen (secondary N) is 1. The predicted octanol–water partition coefficient (Wildman–Crippen LogP) is 0.980. The molecule has 4 aromatic rings. The number of hydrogen-bond donors (Lipinski definition) is 3. The van der Waals surface area contributed by atoms with Gasteiger partial charge < -0.3 is 20.1 Å². The van der Waals surface area contributed by atoms with E-state index < -0.39 is 6.10 Å². The summed E-state index contributed by atoms with van der Waals surface area (Å²) in [7, 11) is 0. The van der Waals surface area contributed by atoms with Gasteiger partial charge in [0, 0.05) is 5.56 Å². The average Bonchev–Trinajstić information content (AvgIpc) is 3.09. The third kappa shape index (κ3) is 3.33. The number of benzene rings is 1. The molecule has 0 saturated carbocycles. The summed E-state index contributed by atoms with van der Waals surface area (Å²) in [6.45, 7) is -0.195. The van der Waals surface area contributed by atoms with Crippen LogP contribution < -0.4 is 5.32 Å². The zero-order valence-corrected chi connectivity index (χ0v) is 14.1. The Balaban J connectivity index is 1.73. The summed E-state index contributed by atoms with van der Waals surface area (Å²) in [5.74, 6) is 0.0560. The van der Waals surface area contributed by atoms with Gasteiger partial charge in [0.15, 0.2) is 11.3 Å². The highest BCUT2D eigenvalue weighted by Gasteiger charge is 2.14. The third-order valence-corrected chi connectivity index (χ3v) is 4.08. The standard InChI is InChI=1S/C18H16N6O3/c25-8-12(26)7-24-10-21-14-6-13-15(22-17(14)24)19-9-20-16(13)23-18(27)11-4-2-1-3-5-11/h1-6,9-10,12,25-26H,7-8H2,(H,19,20,22,23,27)/t12-/m0/s1. The molecule has 0 aliphatic rings. The van der Waals surface area contributed by atoms with Crippen LogP contribution in [0.5, 0.6) is 0 Å². The lowest BCUT2D eigenvalue weighted by atomic mass is 10.2. The van der Waals surface area contributed by atoms with E-state index in [-0.39, 0.29) is 19.1 Å². The zero-order chi connectivity index (χ0) is 18.8. The van der Waals surface area contributed by atoms with Gasteiger partial charge in [0.1, 0.15) is 17.7 Å². The Labute approximate surface area is 153 Å². The molecule has 3 N–H and O–H groups in total. The van der Waals surface area contributed by atoms with Crippen molar-refractivity contribution in [2.24, 2.45) is 0 Å². The maximum atomic E-state index is 12.4. The van der Waals surface area contributed by atoms with Crippen LogP contribution in [0.15, 0.2) is 49.1 Å². The minimum atomic E-state index is -0.911. The number of rotatable bonds is 5. The summed E-state index contributed by atoms with van der Waals surface area (Å²) in [4.78, 5) is 29.5. The van der Waals surface area contributed by atoms with E-state index in [1.165, 1.54) is 12.7 Å². The molecule has 1 atom stereocenters. The first-order chi connectivity index (χ1) is 13.2. The third-order valence-electron chi connectivity index (χ3n) is 4.08. The predicted molar refractivity (Wildman–Crippen MR) is 98.1 cm³/mol. The monoisotopic (exact) mass is 364 g/mol. The number of pyridine rings is 1. The number of fused-ring (bicyclic) bond motifs is 2. The minimum absolute atomic E-state index is 0.161.